The minimum Gasteiger partial charge on any atom is -0.507 e. The van der Waals surface area contributed by atoms with Gasteiger partial charge in [0.2, 0.25) is 0 Å². The van der Waals surface area contributed by atoms with Crippen LogP contribution in [-0.4, -0.2) is 10.2 Å². The van der Waals surface area contributed by atoms with E-state index in [1.807, 2.05) is 24.3 Å². The molecule has 0 fully saturated rings. The predicted molar refractivity (Wildman–Crippen MR) is 221 cm³/mol. The topological polar surface area (TPSA) is 52.5 Å². The third-order valence-electron chi connectivity index (χ3n) is 11.8. The van der Waals surface area contributed by atoms with Crippen LogP contribution in [0.3, 0.4) is 0 Å². The second kappa shape index (κ2) is 14.7. The molecule has 0 saturated carbocycles. The van der Waals surface area contributed by atoms with Crippen LogP contribution in [0.2, 0.25) is 0 Å². The van der Waals surface area contributed by atoms with Gasteiger partial charge in [-0.2, -0.15) is 0 Å². The van der Waals surface area contributed by atoms with E-state index in [1.54, 1.807) is 0 Å². The van der Waals surface area contributed by atoms with Crippen LogP contribution in [0.15, 0.2) is 146 Å². The number of rotatable bonds is 12. The van der Waals surface area contributed by atoms with Gasteiger partial charge >= 0.3 is 0 Å². The Morgan fingerprint density at radius 3 is 0.906 bits per heavy atom. The zero-order chi connectivity index (χ0) is 38.0. The lowest BCUT2D eigenvalue weighted by Gasteiger charge is -2.33. The third kappa shape index (κ3) is 7.41. The van der Waals surface area contributed by atoms with Gasteiger partial charge in [0.05, 0.1) is 0 Å². The van der Waals surface area contributed by atoms with Gasteiger partial charge in [0, 0.05) is 57.0 Å². The highest BCUT2D eigenvalue weighted by Gasteiger charge is 2.33. The van der Waals surface area contributed by atoms with Crippen LogP contribution < -0.4 is 5.32 Å². The van der Waals surface area contributed by atoms with Gasteiger partial charge in [-0.05, 0) is 45.5 Å². The second-order valence-corrected chi connectivity index (χ2v) is 16.6. The molecule has 0 heterocycles. The van der Waals surface area contributed by atoms with E-state index in [1.165, 1.54) is 11.1 Å². The van der Waals surface area contributed by atoms with Crippen molar-refractivity contribution in [1.29, 1.82) is 0 Å². The highest BCUT2D eigenvalue weighted by Crippen LogP contribution is 2.45. The first-order valence-corrected chi connectivity index (χ1v) is 18.8. The highest BCUT2D eigenvalue weighted by atomic mass is 16.3. The Bertz CT molecular complexity index is 1990. The predicted octanol–water partition coefficient (Wildman–Crippen LogP) is 11.7. The molecule has 0 aliphatic rings. The van der Waals surface area contributed by atoms with Crippen LogP contribution in [0.25, 0.3) is 0 Å². The summed E-state index contributed by atoms with van der Waals surface area (Å²) in [5.41, 5.74) is 8.91. The summed E-state index contributed by atoms with van der Waals surface area (Å²) in [4.78, 5) is 0. The minimum atomic E-state index is -0.448. The van der Waals surface area contributed by atoms with Crippen molar-refractivity contribution in [2.24, 2.45) is 0 Å². The standard InChI is InChI=1S/C50H55NO2/c1-47(2,37-21-13-9-14-22-37)41-29-35(45(52)43(31-41)49(5,6)39-25-17-11-18-26-39)33-51-34-36-30-42(48(3,4)38-23-15-10-16-24-38)32-44(46(36)53)50(7,8)40-27-19-12-20-28-40/h9-32,51-53H,33-34H2,1-8H3. The van der Waals surface area contributed by atoms with Crippen LogP contribution in [-0.2, 0) is 34.7 Å². The molecular weight excluding hydrogens is 647 g/mol. The Morgan fingerprint density at radius 1 is 0.358 bits per heavy atom. The maximum atomic E-state index is 12.1. The van der Waals surface area contributed by atoms with E-state index < -0.39 is 10.8 Å². The molecule has 0 atom stereocenters. The summed E-state index contributed by atoms with van der Waals surface area (Å²) in [6, 6.07) is 50.6. The van der Waals surface area contributed by atoms with Crippen molar-refractivity contribution < 1.29 is 10.2 Å². The van der Waals surface area contributed by atoms with E-state index in [0.29, 0.717) is 24.6 Å². The number of phenolic OH excluding ortho intramolecular Hbond substituents is 2. The molecule has 3 nitrogen and oxygen atoms in total. The van der Waals surface area contributed by atoms with E-state index in [-0.39, 0.29) is 10.8 Å². The second-order valence-electron chi connectivity index (χ2n) is 16.6. The summed E-state index contributed by atoms with van der Waals surface area (Å²) in [5.74, 6) is 0.598. The molecule has 272 valence electrons. The lowest BCUT2D eigenvalue weighted by atomic mass is 9.72. The lowest BCUT2D eigenvalue weighted by Crippen LogP contribution is -2.25. The van der Waals surface area contributed by atoms with Crippen molar-refractivity contribution in [3.63, 3.8) is 0 Å². The van der Waals surface area contributed by atoms with E-state index in [9.17, 15) is 10.2 Å². The van der Waals surface area contributed by atoms with E-state index >= 15 is 0 Å². The zero-order valence-corrected chi connectivity index (χ0v) is 32.7. The Kier molecular flexibility index (Phi) is 10.5. The van der Waals surface area contributed by atoms with Gasteiger partial charge in [-0.3, -0.25) is 0 Å². The maximum Gasteiger partial charge on any atom is 0.124 e. The quantitative estimate of drug-likeness (QED) is 0.119. The normalized spacial score (nSPS) is 12.5. The molecule has 53 heavy (non-hydrogen) atoms. The molecule has 0 spiro atoms. The van der Waals surface area contributed by atoms with Crippen molar-refractivity contribution in [3.8, 4) is 11.5 Å². The number of benzene rings is 6. The first kappa shape index (κ1) is 37.6. The molecule has 0 amide bonds. The fourth-order valence-corrected chi connectivity index (χ4v) is 7.73. The van der Waals surface area contributed by atoms with E-state index in [4.69, 9.17) is 0 Å². The Labute approximate surface area is 317 Å². The van der Waals surface area contributed by atoms with Crippen molar-refractivity contribution in [1.82, 2.24) is 5.32 Å². The van der Waals surface area contributed by atoms with Crippen LogP contribution in [0.5, 0.6) is 11.5 Å². The molecule has 6 aromatic carbocycles. The summed E-state index contributed by atoms with van der Waals surface area (Å²) >= 11 is 0. The largest absolute Gasteiger partial charge is 0.507 e. The first-order valence-electron chi connectivity index (χ1n) is 18.8. The molecule has 0 aliphatic carbocycles. The third-order valence-corrected chi connectivity index (χ3v) is 11.8. The van der Waals surface area contributed by atoms with Crippen molar-refractivity contribution in [2.45, 2.75) is 90.1 Å². The number of phenols is 2. The first-order chi connectivity index (χ1) is 25.1. The molecule has 3 N–H and O–H groups in total. The van der Waals surface area contributed by atoms with Gasteiger partial charge in [0.25, 0.3) is 0 Å². The molecule has 0 saturated heterocycles. The monoisotopic (exact) mass is 701 g/mol. The van der Waals surface area contributed by atoms with Crippen molar-refractivity contribution in [3.05, 3.63) is 201 Å². The maximum absolute atomic E-state index is 12.1. The molecule has 0 bridgehead atoms. The molecule has 0 aromatic heterocycles. The number of nitrogens with one attached hydrogen (secondary N) is 1. The summed E-state index contributed by atoms with van der Waals surface area (Å²) in [6.45, 7) is 18.6. The van der Waals surface area contributed by atoms with Gasteiger partial charge in [0.1, 0.15) is 11.5 Å². The molecular formula is C50H55NO2. The van der Waals surface area contributed by atoms with Gasteiger partial charge in [-0.15, -0.1) is 0 Å². The fourth-order valence-electron chi connectivity index (χ4n) is 7.73. The highest BCUT2D eigenvalue weighted by molar-refractivity contribution is 5.56. The Hall–Kier alpha value is -5.12. The molecule has 0 aliphatic heterocycles. The SMILES string of the molecule is CC(C)(c1ccccc1)c1cc(CNCc2cc(C(C)(C)c3ccccc3)cc(C(C)(C)c3ccccc3)c2O)c(O)c(C(C)(C)c2ccccc2)c1. The zero-order valence-electron chi connectivity index (χ0n) is 32.7. The number of hydrogen-bond donors (Lipinski definition) is 3. The molecule has 6 aromatic rings. The van der Waals surface area contributed by atoms with Crippen LogP contribution in [0, 0.1) is 0 Å². The average Bonchev–Trinajstić information content (AvgIpc) is 3.17. The number of hydrogen-bond acceptors (Lipinski definition) is 3. The molecule has 0 radical (unpaired) electrons. The van der Waals surface area contributed by atoms with Gasteiger partial charge in [-0.1, -0.05) is 189 Å². The molecule has 0 unspecified atom stereocenters. The van der Waals surface area contributed by atoms with Gasteiger partial charge < -0.3 is 15.5 Å². The van der Waals surface area contributed by atoms with Gasteiger partial charge in [-0.25, -0.2) is 0 Å². The summed E-state index contributed by atoms with van der Waals surface area (Å²) in [6.07, 6.45) is 0. The smallest absolute Gasteiger partial charge is 0.124 e. The van der Waals surface area contributed by atoms with Crippen LogP contribution in [0.1, 0.15) is 111 Å². The van der Waals surface area contributed by atoms with Gasteiger partial charge in [0.15, 0.2) is 0 Å². The van der Waals surface area contributed by atoms with Crippen LogP contribution >= 0.6 is 0 Å². The summed E-state index contributed by atoms with van der Waals surface area (Å²) in [7, 11) is 0. The Balaban J connectivity index is 1.42. The fraction of sp³-hybridized carbons (Fsp3) is 0.280. The minimum absolute atomic E-state index is 0.299. The summed E-state index contributed by atoms with van der Waals surface area (Å²) < 4.78 is 0. The average molecular weight is 702 g/mol. The molecule has 6 rings (SSSR count). The lowest BCUT2D eigenvalue weighted by molar-refractivity contribution is 0.436. The van der Waals surface area contributed by atoms with Crippen LogP contribution in [0.4, 0.5) is 0 Å². The van der Waals surface area contributed by atoms with E-state index in [2.05, 4.69) is 182 Å². The van der Waals surface area contributed by atoms with Crippen molar-refractivity contribution in [2.75, 3.05) is 0 Å². The summed E-state index contributed by atoms with van der Waals surface area (Å²) in [5, 5.41) is 27.8. The van der Waals surface area contributed by atoms with E-state index in [0.717, 1.165) is 44.5 Å². The molecule has 3 heteroatoms. The number of aromatic hydroxyl groups is 2. The Morgan fingerprint density at radius 2 is 0.623 bits per heavy atom. The van der Waals surface area contributed by atoms with Crippen molar-refractivity contribution >= 4 is 0 Å².